The highest BCUT2D eigenvalue weighted by atomic mass is 19.3. The van der Waals surface area contributed by atoms with E-state index in [0.717, 1.165) is 0 Å². The first-order chi connectivity index (χ1) is 11.1. The topological polar surface area (TPSA) is 70.1 Å². The second-order valence-electron chi connectivity index (χ2n) is 4.96. The Morgan fingerprint density at radius 3 is 2.61 bits per heavy atom. The van der Waals surface area contributed by atoms with E-state index in [4.69, 9.17) is 0 Å². The molecule has 0 amide bonds. The molecule has 0 saturated heterocycles. The predicted molar refractivity (Wildman–Crippen MR) is 78.1 cm³/mol. The molecule has 0 unspecified atom stereocenters. The Morgan fingerprint density at radius 1 is 1.22 bits per heavy atom. The molecule has 0 atom stereocenters. The van der Waals surface area contributed by atoms with Gasteiger partial charge in [0, 0.05) is 43.3 Å². The highest BCUT2D eigenvalue weighted by Crippen LogP contribution is 2.20. The fourth-order valence-corrected chi connectivity index (χ4v) is 2.26. The van der Waals surface area contributed by atoms with Crippen LogP contribution in [0.3, 0.4) is 0 Å². The molecule has 23 heavy (non-hydrogen) atoms. The van der Waals surface area contributed by atoms with Crippen molar-refractivity contribution in [2.45, 2.75) is 13.0 Å². The molecule has 0 bridgehead atoms. The monoisotopic (exact) mass is 322 g/mol. The van der Waals surface area contributed by atoms with E-state index in [9.17, 15) is 18.3 Å². The first kappa shape index (κ1) is 15.1. The molecule has 0 radical (unpaired) electrons. The van der Waals surface area contributed by atoms with Crippen LogP contribution in [0, 0.1) is 5.82 Å². The number of aromatic nitrogens is 2. The molecule has 0 spiro atoms. The van der Waals surface area contributed by atoms with E-state index in [-0.39, 0.29) is 24.4 Å². The van der Waals surface area contributed by atoms with Gasteiger partial charge in [0.1, 0.15) is 11.6 Å². The van der Waals surface area contributed by atoms with Crippen LogP contribution in [0.2, 0.25) is 0 Å². The predicted octanol–water partition coefficient (Wildman–Crippen LogP) is 2.38. The van der Waals surface area contributed by atoms with Crippen molar-refractivity contribution in [2.75, 3.05) is 6.54 Å². The van der Waals surface area contributed by atoms with Crippen LogP contribution in [-0.2, 0) is 6.54 Å². The van der Waals surface area contributed by atoms with Gasteiger partial charge < -0.3 is 15.7 Å². The molecule has 3 N–H and O–H groups in total. The van der Waals surface area contributed by atoms with E-state index in [1.54, 1.807) is 0 Å². The van der Waals surface area contributed by atoms with Crippen LogP contribution in [0.4, 0.5) is 13.2 Å². The lowest BCUT2D eigenvalue weighted by Gasteiger charge is -2.20. The summed E-state index contributed by atoms with van der Waals surface area (Å²) in [4.78, 5) is 8.09. The molecule has 5 nitrogen and oxygen atoms in total. The van der Waals surface area contributed by atoms with Crippen molar-refractivity contribution in [1.82, 2.24) is 20.6 Å². The van der Waals surface area contributed by atoms with Crippen molar-refractivity contribution in [3.63, 3.8) is 0 Å². The average molecular weight is 322 g/mol. The molecule has 1 aliphatic rings. The third-order valence-corrected chi connectivity index (χ3v) is 3.47. The third-order valence-electron chi connectivity index (χ3n) is 3.47. The van der Waals surface area contributed by atoms with Gasteiger partial charge >= 0.3 is 0 Å². The van der Waals surface area contributed by atoms with E-state index in [1.165, 1.54) is 30.7 Å². The number of fused-ring (bicyclic) bond motifs is 1. The molecule has 2 heterocycles. The van der Waals surface area contributed by atoms with Gasteiger partial charge in [-0.15, -0.1) is 0 Å². The summed E-state index contributed by atoms with van der Waals surface area (Å²) in [7, 11) is 0. The van der Waals surface area contributed by atoms with Gasteiger partial charge in [-0.25, -0.2) is 13.2 Å². The van der Waals surface area contributed by atoms with Gasteiger partial charge in [-0.2, -0.15) is 0 Å². The molecule has 2 aromatic rings. The number of nitrogens with zero attached hydrogens (tertiary/aromatic N) is 2. The fraction of sp³-hybridized carbons (Fsp3) is 0.200. The van der Waals surface area contributed by atoms with Gasteiger partial charge in [0.2, 0.25) is 0 Å². The zero-order chi connectivity index (χ0) is 16.4. The highest BCUT2D eigenvalue weighted by Gasteiger charge is 2.22. The Kier molecular flexibility index (Phi) is 4.05. The minimum absolute atomic E-state index is 0.00639. The van der Waals surface area contributed by atoms with E-state index >= 15 is 0 Å². The van der Waals surface area contributed by atoms with Crippen LogP contribution in [-0.4, -0.2) is 28.0 Å². The summed E-state index contributed by atoms with van der Waals surface area (Å²) < 4.78 is 39.6. The molecular formula is C15H13F3N4O. The van der Waals surface area contributed by atoms with Gasteiger partial charge in [-0.05, 0) is 6.07 Å². The summed E-state index contributed by atoms with van der Waals surface area (Å²) in [5.74, 6) is -1.01. The van der Waals surface area contributed by atoms with Crippen molar-refractivity contribution in [1.29, 1.82) is 0 Å². The number of nitrogens with one attached hydrogen (secondary N) is 2. The lowest BCUT2D eigenvalue weighted by molar-refractivity contribution is 0.177. The first-order valence-corrected chi connectivity index (χ1v) is 6.83. The highest BCUT2D eigenvalue weighted by molar-refractivity contribution is 5.74. The summed E-state index contributed by atoms with van der Waals surface area (Å²) >= 11 is 0. The van der Waals surface area contributed by atoms with Crippen LogP contribution >= 0.6 is 0 Å². The van der Waals surface area contributed by atoms with Gasteiger partial charge in [0.05, 0.1) is 22.3 Å². The molecule has 120 valence electrons. The normalized spacial score (nSPS) is 14.9. The smallest absolute Gasteiger partial charge is 0.265 e. The fourth-order valence-electron chi connectivity index (χ4n) is 2.26. The number of aliphatic hydroxyl groups excluding tert-OH is 1. The maximum atomic E-state index is 14.0. The van der Waals surface area contributed by atoms with Crippen molar-refractivity contribution in [2.24, 2.45) is 0 Å². The SMILES string of the molecule is OC1=C(C(F)F)CNC=C1NCc1cc2nccnc2cc1F. The number of alkyl halides is 2. The zero-order valence-electron chi connectivity index (χ0n) is 11.9. The molecule has 0 aliphatic carbocycles. The minimum atomic E-state index is -2.76. The second-order valence-corrected chi connectivity index (χ2v) is 4.96. The maximum Gasteiger partial charge on any atom is 0.265 e. The average Bonchev–Trinajstić information content (AvgIpc) is 2.53. The number of halogens is 3. The number of dihydropyridines is 1. The van der Waals surface area contributed by atoms with Crippen molar-refractivity contribution >= 4 is 11.0 Å². The molecule has 3 rings (SSSR count). The van der Waals surface area contributed by atoms with Crippen LogP contribution < -0.4 is 10.6 Å². The number of rotatable bonds is 4. The van der Waals surface area contributed by atoms with E-state index in [2.05, 4.69) is 20.6 Å². The van der Waals surface area contributed by atoms with E-state index < -0.39 is 23.6 Å². The number of aliphatic hydroxyl groups is 1. The minimum Gasteiger partial charge on any atom is -0.505 e. The lowest BCUT2D eigenvalue weighted by atomic mass is 10.1. The number of benzene rings is 1. The summed E-state index contributed by atoms with van der Waals surface area (Å²) in [6, 6.07) is 2.78. The van der Waals surface area contributed by atoms with E-state index in [1.807, 2.05) is 0 Å². The van der Waals surface area contributed by atoms with Crippen LogP contribution in [0.1, 0.15) is 5.56 Å². The van der Waals surface area contributed by atoms with Gasteiger partial charge in [0.25, 0.3) is 6.43 Å². The molecule has 0 fully saturated rings. The number of hydrogen-bond acceptors (Lipinski definition) is 5. The largest absolute Gasteiger partial charge is 0.505 e. The summed E-state index contributed by atoms with van der Waals surface area (Å²) in [6.45, 7) is -0.124. The van der Waals surface area contributed by atoms with Crippen LogP contribution in [0.5, 0.6) is 0 Å². The summed E-state index contributed by atoms with van der Waals surface area (Å²) in [5.41, 5.74) is 0.922. The molecule has 1 aliphatic heterocycles. The molecule has 0 saturated carbocycles. The maximum absolute atomic E-state index is 14.0. The van der Waals surface area contributed by atoms with Gasteiger partial charge in [-0.1, -0.05) is 0 Å². The molecular weight excluding hydrogens is 309 g/mol. The Bertz CT molecular complexity index is 804. The van der Waals surface area contributed by atoms with Gasteiger partial charge in [-0.3, -0.25) is 9.97 Å². The van der Waals surface area contributed by atoms with E-state index in [0.29, 0.717) is 11.0 Å². The standard InChI is InChI=1S/C15H13F3N4O/c16-10-4-12-11(20-1-2-21-12)3-8(10)5-22-13-7-19-6-9(14(13)23)15(17)18/h1-4,7,15,19,22-23H,5-6H2. The van der Waals surface area contributed by atoms with Crippen molar-refractivity contribution in [3.8, 4) is 0 Å². The van der Waals surface area contributed by atoms with Crippen molar-refractivity contribution < 1.29 is 18.3 Å². The third kappa shape index (κ3) is 3.05. The zero-order valence-corrected chi connectivity index (χ0v) is 11.9. The Labute approximate surface area is 129 Å². The van der Waals surface area contributed by atoms with Crippen molar-refractivity contribution in [3.05, 3.63) is 59.1 Å². The van der Waals surface area contributed by atoms with Crippen LogP contribution in [0.25, 0.3) is 11.0 Å². The Morgan fingerprint density at radius 2 is 1.91 bits per heavy atom. The van der Waals surface area contributed by atoms with Crippen LogP contribution in [0.15, 0.2) is 47.8 Å². The number of hydrogen-bond donors (Lipinski definition) is 3. The summed E-state index contributed by atoms with van der Waals surface area (Å²) in [5, 5.41) is 15.2. The Balaban J connectivity index is 1.81. The second kappa shape index (κ2) is 6.15. The summed E-state index contributed by atoms with van der Waals surface area (Å²) in [6.07, 6.45) is 1.57. The molecule has 8 heteroatoms. The lowest BCUT2D eigenvalue weighted by Crippen LogP contribution is -2.28. The Hall–Kier alpha value is -2.77. The quantitative estimate of drug-likeness (QED) is 0.806. The first-order valence-electron chi connectivity index (χ1n) is 6.83. The van der Waals surface area contributed by atoms with Gasteiger partial charge in [0.15, 0.2) is 0 Å². The molecule has 1 aromatic carbocycles. The molecule has 1 aromatic heterocycles.